The Balaban J connectivity index is 2.40. The van der Waals surface area contributed by atoms with E-state index < -0.39 is 11.9 Å². The number of benzene rings is 1. The van der Waals surface area contributed by atoms with E-state index >= 15 is 0 Å². The van der Waals surface area contributed by atoms with E-state index in [0.29, 0.717) is 17.9 Å². The number of ether oxygens (including phenoxy) is 1. The smallest absolute Gasteiger partial charge is 0.312 e. The van der Waals surface area contributed by atoms with Crippen molar-refractivity contribution in [3.05, 3.63) is 35.9 Å². The zero-order valence-corrected chi connectivity index (χ0v) is 12.2. The maximum absolute atomic E-state index is 11.6. The molecule has 0 aliphatic rings. The summed E-state index contributed by atoms with van der Waals surface area (Å²) in [6.45, 7) is 0.697. The standard InChI is InChI=1S/C14H19NO4S/c1-19-7-8-20-10-13(16)15-9-12(14(17)18)11-5-3-2-4-6-11/h2-6,12H,7-10H2,1H3,(H,15,16)(H,17,18). The molecule has 1 rings (SSSR count). The van der Waals surface area contributed by atoms with E-state index in [1.807, 2.05) is 6.07 Å². The highest BCUT2D eigenvalue weighted by atomic mass is 32.2. The van der Waals surface area contributed by atoms with E-state index in [2.05, 4.69) is 5.32 Å². The zero-order chi connectivity index (χ0) is 14.8. The van der Waals surface area contributed by atoms with Crippen LogP contribution < -0.4 is 5.32 Å². The molecule has 1 atom stereocenters. The maximum atomic E-state index is 11.6. The van der Waals surface area contributed by atoms with Crippen LogP contribution in [0.25, 0.3) is 0 Å². The SMILES string of the molecule is COCCSCC(=O)NCC(C(=O)O)c1ccccc1. The van der Waals surface area contributed by atoms with Crippen molar-refractivity contribution in [3.8, 4) is 0 Å². The molecule has 1 unspecified atom stereocenters. The van der Waals surface area contributed by atoms with Gasteiger partial charge in [-0.05, 0) is 5.56 Å². The molecular weight excluding hydrogens is 278 g/mol. The van der Waals surface area contributed by atoms with Crippen molar-refractivity contribution in [1.29, 1.82) is 0 Å². The molecular formula is C14H19NO4S. The molecule has 0 heterocycles. The highest BCUT2D eigenvalue weighted by Gasteiger charge is 2.20. The van der Waals surface area contributed by atoms with Gasteiger partial charge in [0.15, 0.2) is 0 Å². The molecule has 1 amide bonds. The summed E-state index contributed by atoms with van der Waals surface area (Å²) in [6, 6.07) is 8.89. The van der Waals surface area contributed by atoms with Gasteiger partial charge in [0.1, 0.15) is 0 Å². The third-order valence-electron chi connectivity index (χ3n) is 2.67. The van der Waals surface area contributed by atoms with Crippen LogP contribution in [0.1, 0.15) is 11.5 Å². The molecule has 1 aromatic rings. The lowest BCUT2D eigenvalue weighted by molar-refractivity contribution is -0.138. The Hall–Kier alpha value is -1.53. The van der Waals surface area contributed by atoms with E-state index in [1.165, 1.54) is 11.8 Å². The van der Waals surface area contributed by atoms with Crippen LogP contribution >= 0.6 is 11.8 Å². The lowest BCUT2D eigenvalue weighted by Crippen LogP contribution is -2.32. The first-order valence-electron chi connectivity index (χ1n) is 6.26. The molecule has 0 aliphatic carbocycles. The Morgan fingerprint density at radius 3 is 2.65 bits per heavy atom. The van der Waals surface area contributed by atoms with Gasteiger partial charge in [-0.3, -0.25) is 9.59 Å². The molecule has 0 aliphatic heterocycles. The minimum atomic E-state index is -0.941. The highest BCUT2D eigenvalue weighted by Crippen LogP contribution is 2.14. The molecule has 0 saturated heterocycles. The highest BCUT2D eigenvalue weighted by molar-refractivity contribution is 7.99. The number of rotatable bonds is 9. The van der Waals surface area contributed by atoms with Gasteiger partial charge >= 0.3 is 5.97 Å². The van der Waals surface area contributed by atoms with Gasteiger partial charge in [0.25, 0.3) is 0 Å². The van der Waals surface area contributed by atoms with Crippen LogP contribution in [0.3, 0.4) is 0 Å². The van der Waals surface area contributed by atoms with Crippen LogP contribution in [0.5, 0.6) is 0 Å². The third kappa shape index (κ3) is 6.08. The minimum Gasteiger partial charge on any atom is -0.481 e. The lowest BCUT2D eigenvalue weighted by atomic mass is 9.99. The first kappa shape index (κ1) is 16.5. The number of carboxylic acids is 1. The van der Waals surface area contributed by atoms with E-state index in [-0.39, 0.29) is 12.5 Å². The van der Waals surface area contributed by atoms with Gasteiger partial charge in [-0.25, -0.2) is 0 Å². The van der Waals surface area contributed by atoms with Crippen molar-refractivity contribution in [2.24, 2.45) is 0 Å². The fraction of sp³-hybridized carbons (Fsp3) is 0.429. The molecule has 5 nitrogen and oxygen atoms in total. The van der Waals surface area contributed by atoms with Crippen molar-refractivity contribution >= 4 is 23.6 Å². The first-order chi connectivity index (χ1) is 9.65. The molecule has 6 heteroatoms. The molecule has 0 saturated carbocycles. The Morgan fingerprint density at radius 2 is 2.05 bits per heavy atom. The van der Waals surface area contributed by atoms with Crippen molar-refractivity contribution in [2.45, 2.75) is 5.92 Å². The van der Waals surface area contributed by atoms with Gasteiger partial charge in [-0.2, -0.15) is 0 Å². The number of carbonyl (C=O) groups excluding carboxylic acids is 1. The van der Waals surface area contributed by atoms with Gasteiger partial charge in [0.05, 0.1) is 18.3 Å². The summed E-state index contributed by atoms with van der Waals surface area (Å²) < 4.78 is 4.88. The summed E-state index contributed by atoms with van der Waals surface area (Å²) in [4.78, 5) is 22.8. The fourth-order valence-electron chi connectivity index (χ4n) is 1.61. The Labute approximate surface area is 122 Å². The molecule has 1 aromatic carbocycles. The van der Waals surface area contributed by atoms with Crippen LogP contribution in [0, 0.1) is 0 Å². The summed E-state index contributed by atoms with van der Waals surface area (Å²) >= 11 is 1.46. The lowest BCUT2D eigenvalue weighted by Gasteiger charge is -2.13. The minimum absolute atomic E-state index is 0.100. The second kappa shape index (κ2) is 9.39. The van der Waals surface area contributed by atoms with E-state index in [4.69, 9.17) is 4.74 Å². The number of carboxylic acid groups (broad SMARTS) is 1. The summed E-state index contributed by atoms with van der Waals surface area (Å²) in [7, 11) is 1.61. The van der Waals surface area contributed by atoms with E-state index in [0.717, 1.165) is 5.75 Å². The normalized spacial score (nSPS) is 11.8. The Kier molecular flexibility index (Phi) is 7.75. The number of amides is 1. The molecule has 0 radical (unpaired) electrons. The largest absolute Gasteiger partial charge is 0.481 e. The molecule has 110 valence electrons. The first-order valence-corrected chi connectivity index (χ1v) is 7.41. The zero-order valence-electron chi connectivity index (χ0n) is 11.4. The van der Waals surface area contributed by atoms with Crippen molar-refractivity contribution in [2.75, 3.05) is 31.8 Å². The summed E-state index contributed by atoms with van der Waals surface area (Å²) in [5.74, 6) is -0.768. The van der Waals surface area contributed by atoms with Gasteiger partial charge < -0.3 is 15.2 Å². The van der Waals surface area contributed by atoms with Crippen molar-refractivity contribution in [3.63, 3.8) is 0 Å². The van der Waals surface area contributed by atoms with Crippen LogP contribution in [0.15, 0.2) is 30.3 Å². The predicted molar refractivity (Wildman–Crippen MR) is 79.0 cm³/mol. The summed E-state index contributed by atoms with van der Waals surface area (Å²) in [5, 5.41) is 11.9. The second-order valence-electron chi connectivity index (χ2n) is 4.15. The van der Waals surface area contributed by atoms with Crippen LogP contribution in [0.2, 0.25) is 0 Å². The van der Waals surface area contributed by atoms with Gasteiger partial charge in [0, 0.05) is 19.4 Å². The Bertz CT molecular complexity index is 424. The van der Waals surface area contributed by atoms with Gasteiger partial charge in [-0.1, -0.05) is 30.3 Å². The molecule has 0 bridgehead atoms. The van der Waals surface area contributed by atoms with Crippen molar-refractivity contribution in [1.82, 2.24) is 5.32 Å². The van der Waals surface area contributed by atoms with Crippen LogP contribution in [-0.2, 0) is 14.3 Å². The number of methoxy groups -OCH3 is 1. The molecule has 20 heavy (non-hydrogen) atoms. The van der Waals surface area contributed by atoms with E-state index in [1.54, 1.807) is 31.4 Å². The van der Waals surface area contributed by atoms with Crippen LogP contribution in [0.4, 0.5) is 0 Å². The number of carbonyl (C=O) groups is 2. The summed E-state index contributed by atoms with van der Waals surface area (Å²) in [5.41, 5.74) is 0.687. The Morgan fingerprint density at radius 1 is 1.35 bits per heavy atom. The van der Waals surface area contributed by atoms with Crippen molar-refractivity contribution < 1.29 is 19.4 Å². The van der Waals surface area contributed by atoms with E-state index in [9.17, 15) is 14.7 Å². The molecule has 0 spiro atoms. The number of hydrogen-bond acceptors (Lipinski definition) is 4. The topological polar surface area (TPSA) is 75.6 Å². The molecule has 0 fully saturated rings. The summed E-state index contributed by atoms with van der Waals surface area (Å²) in [6.07, 6.45) is 0. The maximum Gasteiger partial charge on any atom is 0.312 e. The predicted octanol–water partition coefficient (Wildman–Crippen LogP) is 1.35. The fourth-order valence-corrected chi connectivity index (χ4v) is 2.32. The number of aliphatic carboxylic acids is 1. The third-order valence-corrected chi connectivity index (χ3v) is 3.59. The second-order valence-corrected chi connectivity index (χ2v) is 5.26. The molecule has 2 N–H and O–H groups in total. The number of nitrogens with one attached hydrogen (secondary N) is 1. The monoisotopic (exact) mass is 297 g/mol. The quantitative estimate of drug-likeness (QED) is 0.673. The molecule has 0 aromatic heterocycles. The number of hydrogen-bond donors (Lipinski definition) is 2. The number of thioether (sulfide) groups is 1. The van der Waals surface area contributed by atoms with Gasteiger partial charge in [0.2, 0.25) is 5.91 Å². The average Bonchev–Trinajstić information content (AvgIpc) is 2.44. The average molecular weight is 297 g/mol. The van der Waals surface area contributed by atoms with Crippen LogP contribution in [-0.4, -0.2) is 48.8 Å². The van der Waals surface area contributed by atoms with Gasteiger partial charge in [-0.15, -0.1) is 11.8 Å².